The molecule has 4 aliphatic rings. The fourth-order valence-corrected chi connectivity index (χ4v) is 7.51. The lowest BCUT2D eigenvalue weighted by atomic mass is 9.48. The number of allylic oxidation sites excluding steroid dienone is 2. The van der Waals surface area contributed by atoms with Crippen molar-refractivity contribution in [3.8, 4) is 0 Å². The first-order chi connectivity index (χ1) is 14.8. The van der Waals surface area contributed by atoms with E-state index in [1.807, 2.05) is 18.2 Å². The standard InChI is InChI=1S/C28H34O3/c1-18(29)31-22-11-13-27(2)21(17-22)9-10-23-24(27)12-14-28(3)25(23)16-20(26(28)30)15-19-7-5-4-6-8-19/h4-9,15,22-25H,10-14,16-17H2,1-3H3/b20-15-/t22-,23+,24-,25+,27-,28+/m1/s1. The number of hydrogen-bond acceptors (Lipinski definition) is 3. The molecule has 0 spiro atoms. The van der Waals surface area contributed by atoms with Crippen molar-refractivity contribution in [1.29, 1.82) is 0 Å². The smallest absolute Gasteiger partial charge is 0.302 e. The van der Waals surface area contributed by atoms with Gasteiger partial charge in [0.15, 0.2) is 5.78 Å². The molecule has 3 saturated carbocycles. The Labute approximate surface area is 185 Å². The molecule has 6 atom stereocenters. The number of Topliss-reactive ketones (excluding diaryl/α,β-unsaturated/α-hetero) is 1. The van der Waals surface area contributed by atoms with E-state index in [1.165, 1.54) is 12.5 Å². The van der Waals surface area contributed by atoms with Crippen LogP contribution in [0, 0.1) is 28.6 Å². The van der Waals surface area contributed by atoms with Crippen molar-refractivity contribution in [2.75, 3.05) is 0 Å². The first-order valence-corrected chi connectivity index (χ1v) is 12.0. The summed E-state index contributed by atoms with van der Waals surface area (Å²) < 4.78 is 5.56. The van der Waals surface area contributed by atoms with Crippen LogP contribution < -0.4 is 0 Å². The highest BCUT2D eigenvalue weighted by Gasteiger charge is 2.59. The van der Waals surface area contributed by atoms with Crippen LogP contribution in [0.5, 0.6) is 0 Å². The van der Waals surface area contributed by atoms with Gasteiger partial charge in [-0.15, -0.1) is 0 Å². The summed E-state index contributed by atoms with van der Waals surface area (Å²) in [7, 11) is 0. The van der Waals surface area contributed by atoms with Gasteiger partial charge in [0.25, 0.3) is 0 Å². The predicted octanol–water partition coefficient (Wildman–Crippen LogP) is 6.14. The SMILES string of the molecule is CC(=O)O[C@@H]1CC[C@]2(C)C(=CC[C@H]3[C@H]2CC[C@]2(C)C(=O)/C(=C\c4ccccc4)C[C@@H]32)C1. The molecule has 0 aliphatic heterocycles. The summed E-state index contributed by atoms with van der Waals surface area (Å²) in [6.45, 7) is 6.19. The van der Waals surface area contributed by atoms with E-state index >= 15 is 0 Å². The van der Waals surface area contributed by atoms with Gasteiger partial charge in [-0.05, 0) is 78.9 Å². The van der Waals surface area contributed by atoms with Gasteiger partial charge in [0.1, 0.15) is 6.10 Å². The summed E-state index contributed by atoms with van der Waals surface area (Å²) in [6, 6.07) is 10.3. The van der Waals surface area contributed by atoms with Gasteiger partial charge in [-0.1, -0.05) is 55.8 Å². The summed E-state index contributed by atoms with van der Waals surface area (Å²) in [5.41, 5.74) is 3.64. The third-order valence-corrected chi connectivity index (χ3v) is 9.17. The van der Waals surface area contributed by atoms with Gasteiger partial charge in [-0.3, -0.25) is 9.59 Å². The van der Waals surface area contributed by atoms with Crippen molar-refractivity contribution in [3.63, 3.8) is 0 Å². The molecule has 5 rings (SSSR count). The lowest BCUT2D eigenvalue weighted by molar-refractivity contribution is -0.148. The largest absolute Gasteiger partial charge is 0.462 e. The molecule has 0 bridgehead atoms. The zero-order valence-electron chi connectivity index (χ0n) is 19.0. The van der Waals surface area contributed by atoms with Gasteiger partial charge in [-0.25, -0.2) is 0 Å². The maximum atomic E-state index is 13.5. The molecule has 0 N–H and O–H groups in total. The molecule has 1 aromatic carbocycles. The zero-order valence-corrected chi connectivity index (χ0v) is 19.0. The molecule has 0 unspecified atom stereocenters. The second-order valence-electron chi connectivity index (χ2n) is 10.8. The molecular weight excluding hydrogens is 384 g/mol. The Kier molecular flexibility index (Phi) is 4.99. The second kappa shape index (κ2) is 7.46. The third kappa shape index (κ3) is 3.32. The van der Waals surface area contributed by atoms with Gasteiger partial charge in [0, 0.05) is 18.8 Å². The quantitative estimate of drug-likeness (QED) is 0.329. The van der Waals surface area contributed by atoms with Crippen molar-refractivity contribution in [2.45, 2.75) is 71.8 Å². The highest BCUT2D eigenvalue weighted by atomic mass is 16.5. The Hall–Kier alpha value is -2.16. The van der Waals surface area contributed by atoms with E-state index in [9.17, 15) is 9.59 Å². The van der Waals surface area contributed by atoms with E-state index in [2.05, 4.69) is 38.1 Å². The molecule has 164 valence electrons. The number of benzene rings is 1. The molecular formula is C28H34O3. The Bertz CT molecular complexity index is 958. The molecule has 0 radical (unpaired) electrons. The maximum absolute atomic E-state index is 13.5. The predicted molar refractivity (Wildman–Crippen MR) is 122 cm³/mol. The van der Waals surface area contributed by atoms with Gasteiger partial charge in [0.05, 0.1) is 0 Å². The lowest BCUT2D eigenvalue weighted by Crippen LogP contribution is -2.50. The monoisotopic (exact) mass is 418 g/mol. The molecule has 4 aliphatic carbocycles. The van der Waals surface area contributed by atoms with Crippen molar-refractivity contribution >= 4 is 17.8 Å². The highest BCUT2D eigenvalue weighted by Crippen LogP contribution is 2.64. The molecule has 0 aromatic heterocycles. The van der Waals surface area contributed by atoms with Crippen molar-refractivity contribution < 1.29 is 14.3 Å². The molecule has 0 saturated heterocycles. The summed E-state index contributed by atoms with van der Waals surface area (Å²) >= 11 is 0. The number of rotatable bonds is 2. The van der Waals surface area contributed by atoms with E-state index in [0.29, 0.717) is 23.5 Å². The minimum atomic E-state index is -0.210. The number of ether oxygens (including phenoxy) is 1. The fourth-order valence-electron chi connectivity index (χ4n) is 7.51. The maximum Gasteiger partial charge on any atom is 0.302 e. The van der Waals surface area contributed by atoms with Gasteiger partial charge >= 0.3 is 5.97 Å². The molecule has 3 nitrogen and oxygen atoms in total. The van der Waals surface area contributed by atoms with Gasteiger partial charge in [-0.2, -0.15) is 0 Å². The van der Waals surface area contributed by atoms with E-state index in [1.54, 1.807) is 0 Å². The number of carbonyl (C=O) groups excluding carboxylic acids is 2. The number of hydrogen-bond donors (Lipinski definition) is 0. The minimum absolute atomic E-state index is 0.0377. The molecule has 1 aromatic rings. The first-order valence-electron chi connectivity index (χ1n) is 12.0. The average Bonchev–Trinajstić information content (AvgIpc) is 2.99. The van der Waals surface area contributed by atoms with Crippen LogP contribution in [-0.2, 0) is 14.3 Å². The summed E-state index contributed by atoms with van der Waals surface area (Å²) in [5, 5.41) is 0. The van der Waals surface area contributed by atoms with Crippen LogP contribution in [0.25, 0.3) is 6.08 Å². The number of esters is 1. The summed E-state index contributed by atoms with van der Waals surface area (Å²) in [5.74, 6) is 1.86. The topological polar surface area (TPSA) is 43.4 Å². The minimum Gasteiger partial charge on any atom is -0.462 e. The lowest BCUT2D eigenvalue weighted by Gasteiger charge is -2.56. The van der Waals surface area contributed by atoms with E-state index in [-0.39, 0.29) is 22.9 Å². The van der Waals surface area contributed by atoms with E-state index in [0.717, 1.165) is 56.1 Å². The van der Waals surface area contributed by atoms with Crippen LogP contribution in [0.1, 0.15) is 71.3 Å². The fraction of sp³-hybridized carbons (Fsp3) is 0.571. The van der Waals surface area contributed by atoms with Crippen LogP contribution in [0.2, 0.25) is 0 Å². The zero-order chi connectivity index (χ0) is 21.8. The Morgan fingerprint density at radius 3 is 2.52 bits per heavy atom. The summed E-state index contributed by atoms with van der Waals surface area (Å²) in [4.78, 5) is 25.0. The molecule has 0 heterocycles. The van der Waals surface area contributed by atoms with Gasteiger partial charge < -0.3 is 4.74 Å². The molecule has 3 heteroatoms. The Morgan fingerprint density at radius 1 is 1.03 bits per heavy atom. The molecule has 3 fully saturated rings. The summed E-state index contributed by atoms with van der Waals surface area (Å²) in [6.07, 6.45) is 11.7. The second-order valence-corrected chi connectivity index (χ2v) is 10.8. The third-order valence-electron chi connectivity index (χ3n) is 9.17. The van der Waals surface area contributed by atoms with E-state index in [4.69, 9.17) is 4.74 Å². The van der Waals surface area contributed by atoms with Crippen LogP contribution in [0.3, 0.4) is 0 Å². The highest BCUT2D eigenvalue weighted by molar-refractivity contribution is 6.05. The van der Waals surface area contributed by atoms with Crippen molar-refractivity contribution in [1.82, 2.24) is 0 Å². The normalized spacial score (nSPS) is 40.5. The van der Waals surface area contributed by atoms with E-state index < -0.39 is 0 Å². The Morgan fingerprint density at radius 2 is 1.77 bits per heavy atom. The molecule has 0 amide bonds. The van der Waals surface area contributed by atoms with Gasteiger partial charge in [0.2, 0.25) is 0 Å². The van der Waals surface area contributed by atoms with Crippen LogP contribution >= 0.6 is 0 Å². The number of carbonyl (C=O) groups is 2. The van der Waals surface area contributed by atoms with Crippen molar-refractivity contribution in [2.24, 2.45) is 28.6 Å². The molecule has 31 heavy (non-hydrogen) atoms. The van der Waals surface area contributed by atoms with Crippen LogP contribution in [0.4, 0.5) is 0 Å². The number of fused-ring (bicyclic) bond motifs is 5. The number of ketones is 1. The van der Waals surface area contributed by atoms with Crippen LogP contribution in [0.15, 0.2) is 47.6 Å². The van der Waals surface area contributed by atoms with Crippen LogP contribution in [-0.4, -0.2) is 17.9 Å². The van der Waals surface area contributed by atoms with Crippen molar-refractivity contribution in [3.05, 3.63) is 53.1 Å². The Balaban J connectivity index is 1.42. The average molecular weight is 419 g/mol. The first kappa shape index (κ1) is 20.7.